The molecule has 1 aromatic carbocycles. The maximum Gasteiger partial charge on any atom is 0.420 e. The van der Waals surface area contributed by atoms with Gasteiger partial charge in [-0.05, 0) is 24.6 Å². The molecule has 2 rings (SSSR count). The second-order valence-electron chi connectivity index (χ2n) is 3.72. The van der Waals surface area contributed by atoms with Crippen molar-refractivity contribution < 1.29 is 19.1 Å². The number of aliphatic hydroxyl groups is 1. The standard InChI is InChI=1S/C12H13NO5/c1-2-17-11(15)6-13-9-5-8(7-14)3-4-10(9)18-12(13)16/h3-5,14H,2,6-7H2,1H3. The van der Waals surface area contributed by atoms with E-state index in [2.05, 4.69) is 0 Å². The summed E-state index contributed by atoms with van der Waals surface area (Å²) < 4.78 is 11.0. The van der Waals surface area contributed by atoms with Gasteiger partial charge in [-0.2, -0.15) is 0 Å². The lowest BCUT2D eigenvalue weighted by Crippen LogP contribution is -2.21. The van der Waals surface area contributed by atoms with E-state index in [0.717, 1.165) is 0 Å². The number of benzene rings is 1. The van der Waals surface area contributed by atoms with Crippen molar-refractivity contribution in [2.24, 2.45) is 0 Å². The number of nitrogens with zero attached hydrogens (tertiary/aromatic N) is 1. The normalized spacial score (nSPS) is 10.8. The third-order valence-electron chi connectivity index (χ3n) is 2.51. The molecule has 1 aromatic heterocycles. The molecule has 1 N–H and O–H groups in total. The lowest BCUT2D eigenvalue weighted by atomic mass is 10.2. The van der Waals surface area contributed by atoms with Gasteiger partial charge in [0.05, 0.1) is 18.7 Å². The molecule has 6 heteroatoms. The molecule has 1 heterocycles. The minimum absolute atomic E-state index is 0.144. The van der Waals surface area contributed by atoms with Crippen LogP contribution in [0.1, 0.15) is 12.5 Å². The molecule has 0 aliphatic heterocycles. The van der Waals surface area contributed by atoms with Gasteiger partial charge >= 0.3 is 11.7 Å². The average molecular weight is 251 g/mol. The third kappa shape index (κ3) is 2.28. The third-order valence-corrected chi connectivity index (χ3v) is 2.51. The molecule has 0 aliphatic rings. The van der Waals surface area contributed by atoms with Crippen LogP contribution in [0.5, 0.6) is 0 Å². The van der Waals surface area contributed by atoms with Crippen LogP contribution in [0.15, 0.2) is 27.4 Å². The molecule has 0 atom stereocenters. The highest BCUT2D eigenvalue weighted by Crippen LogP contribution is 2.15. The van der Waals surface area contributed by atoms with Gasteiger partial charge in [-0.3, -0.25) is 9.36 Å². The van der Waals surface area contributed by atoms with Gasteiger partial charge in [0.25, 0.3) is 0 Å². The molecule has 0 radical (unpaired) electrons. The molecule has 0 bridgehead atoms. The van der Waals surface area contributed by atoms with E-state index < -0.39 is 11.7 Å². The Morgan fingerprint density at radius 1 is 1.50 bits per heavy atom. The van der Waals surface area contributed by atoms with E-state index in [1.54, 1.807) is 25.1 Å². The lowest BCUT2D eigenvalue weighted by molar-refractivity contribution is -0.143. The van der Waals surface area contributed by atoms with E-state index in [1.807, 2.05) is 0 Å². The molecular formula is C12H13NO5. The quantitative estimate of drug-likeness (QED) is 0.807. The highest BCUT2D eigenvalue weighted by Gasteiger charge is 2.13. The SMILES string of the molecule is CCOC(=O)Cn1c(=O)oc2ccc(CO)cc21. The molecular weight excluding hydrogens is 238 g/mol. The highest BCUT2D eigenvalue weighted by molar-refractivity contribution is 5.77. The van der Waals surface area contributed by atoms with E-state index in [1.165, 1.54) is 4.57 Å². The number of aliphatic hydroxyl groups excluding tert-OH is 1. The number of oxazole rings is 1. The van der Waals surface area contributed by atoms with Crippen molar-refractivity contribution in [2.75, 3.05) is 6.61 Å². The fourth-order valence-electron chi connectivity index (χ4n) is 1.69. The van der Waals surface area contributed by atoms with Crippen molar-refractivity contribution in [2.45, 2.75) is 20.1 Å². The van der Waals surface area contributed by atoms with Crippen LogP contribution in [-0.2, 0) is 22.7 Å². The van der Waals surface area contributed by atoms with Gasteiger partial charge < -0.3 is 14.3 Å². The molecule has 0 saturated carbocycles. The molecule has 2 aromatic rings. The molecule has 0 aliphatic carbocycles. The summed E-state index contributed by atoms with van der Waals surface area (Å²) in [6.45, 7) is 1.60. The summed E-state index contributed by atoms with van der Waals surface area (Å²) in [6.07, 6.45) is 0. The van der Waals surface area contributed by atoms with E-state index >= 15 is 0 Å². The number of hydrogen-bond acceptors (Lipinski definition) is 5. The predicted molar refractivity (Wildman–Crippen MR) is 63.0 cm³/mol. The van der Waals surface area contributed by atoms with Gasteiger partial charge in [0.2, 0.25) is 0 Å². The summed E-state index contributed by atoms with van der Waals surface area (Å²) in [5.74, 6) is -1.12. The monoisotopic (exact) mass is 251 g/mol. The number of rotatable bonds is 4. The molecule has 0 spiro atoms. The Morgan fingerprint density at radius 3 is 2.94 bits per heavy atom. The number of carbonyl (C=O) groups is 1. The zero-order valence-corrected chi connectivity index (χ0v) is 9.88. The zero-order valence-electron chi connectivity index (χ0n) is 9.88. The summed E-state index contributed by atoms with van der Waals surface area (Å²) in [4.78, 5) is 23.0. The number of ether oxygens (including phenoxy) is 1. The average Bonchev–Trinajstić information content (AvgIpc) is 2.65. The zero-order chi connectivity index (χ0) is 13.1. The largest absolute Gasteiger partial charge is 0.465 e. The van der Waals surface area contributed by atoms with Crippen LogP contribution in [-0.4, -0.2) is 22.2 Å². The number of carbonyl (C=O) groups excluding carboxylic acids is 1. The summed E-state index contributed by atoms with van der Waals surface area (Å²) in [5.41, 5.74) is 1.49. The number of hydrogen-bond donors (Lipinski definition) is 1. The van der Waals surface area contributed by atoms with E-state index in [4.69, 9.17) is 14.3 Å². The fourth-order valence-corrected chi connectivity index (χ4v) is 1.69. The van der Waals surface area contributed by atoms with Crippen molar-refractivity contribution in [3.63, 3.8) is 0 Å². The van der Waals surface area contributed by atoms with Crippen LogP contribution >= 0.6 is 0 Å². The summed E-state index contributed by atoms with van der Waals surface area (Å²) in [5, 5.41) is 9.05. The van der Waals surface area contributed by atoms with E-state index in [-0.39, 0.29) is 19.8 Å². The summed E-state index contributed by atoms with van der Waals surface area (Å²) in [7, 11) is 0. The summed E-state index contributed by atoms with van der Waals surface area (Å²) >= 11 is 0. The smallest absolute Gasteiger partial charge is 0.420 e. The van der Waals surface area contributed by atoms with Crippen molar-refractivity contribution in [3.8, 4) is 0 Å². The first kappa shape index (κ1) is 12.4. The first-order chi connectivity index (χ1) is 8.65. The van der Waals surface area contributed by atoms with E-state index in [9.17, 15) is 9.59 Å². The van der Waals surface area contributed by atoms with Gasteiger partial charge in [0.1, 0.15) is 6.54 Å². The molecule has 18 heavy (non-hydrogen) atoms. The molecule has 0 fully saturated rings. The molecule has 0 amide bonds. The van der Waals surface area contributed by atoms with Crippen LogP contribution in [0.3, 0.4) is 0 Å². The van der Waals surface area contributed by atoms with Gasteiger partial charge in [0, 0.05) is 0 Å². The lowest BCUT2D eigenvalue weighted by Gasteiger charge is -2.03. The van der Waals surface area contributed by atoms with Crippen molar-refractivity contribution in [1.82, 2.24) is 4.57 Å². The molecule has 0 saturated heterocycles. The van der Waals surface area contributed by atoms with Crippen LogP contribution < -0.4 is 5.76 Å². The number of aromatic nitrogens is 1. The van der Waals surface area contributed by atoms with Crippen molar-refractivity contribution in [1.29, 1.82) is 0 Å². The van der Waals surface area contributed by atoms with Gasteiger partial charge in [0.15, 0.2) is 5.58 Å². The van der Waals surface area contributed by atoms with Crippen LogP contribution in [0.2, 0.25) is 0 Å². The Hall–Kier alpha value is -2.08. The van der Waals surface area contributed by atoms with Gasteiger partial charge in [-0.15, -0.1) is 0 Å². The maximum atomic E-state index is 11.6. The Bertz CT molecular complexity index is 625. The Labute approximate surface area is 102 Å². The second-order valence-corrected chi connectivity index (χ2v) is 3.72. The summed E-state index contributed by atoms with van der Waals surface area (Å²) in [6, 6.07) is 4.85. The predicted octanol–water partition coefficient (Wildman–Crippen LogP) is 0.650. The van der Waals surface area contributed by atoms with Gasteiger partial charge in [-0.1, -0.05) is 6.07 Å². The Morgan fingerprint density at radius 2 is 2.28 bits per heavy atom. The van der Waals surface area contributed by atoms with Crippen LogP contribution in [0, 0.1) is 0 Å². The number of esters is 1. The Kier molecular flexibility index (Phi) is 3.47. The van der Waals surface area contributed by atoms with Crippen molar-refractivity contribution in [3.05, 3.63) is 34.3 Å². The molecule has 6 nitrogen and oxygen atoms in total. The molecule has 96 valence electrons. The van der Waals surface area contributed by atoms with Gasteiger partial charge in [-0.25, -0.2) is 4.79 Å². The van der Waals surface area contributed by atoms with Crippen molar-refractivity contribution >= 4 is 17.1 Å². The number of fused-ring (bicyclic) bond motifs is 1. The maximum absolute atomic E-state index is 11.6. The minimum atomic E-state index is -0.617. The fraction of sp³-hybridized carbons (Fsp3) is 0.333. The first-order valence-electron chi connectivity index (χ1n) is 5.54. The Balaban J connectivity index is 2.45. The van der Waals surface area contributed by atoms with Crippen LogP contribution in [0.4, 0.5) is 0 Å². The van der Waals surface area contributed by atoms with Crippen LogP contribution in [0.25, 0.3) is 11.1 Å². The highest BCUT2D eigenvalue weighted by atomic mass is 16.5. The minimum Gasteiger partial charge on any atom is -0.465 e. The topological polar surface area (TPSA) is 81.7 Å². The first-order valence-corrected chi connectivity index (χ1v) is 5.54. The van der Waals surface area contributed by atoms with E-state index in [0.29, 0.717) is 16.7 Å². The second kappa shape index (κ2) is 5.05. The molecule has 0 unspecified atom stereocenters.